The van der Waals surface area contributed by atoms with Crippen molar-refractivity contribution in [1.82, 2.24) is 9.38 Å². The molecule has 0 N–H and O–H groups in total. The van der Waals surface area contributed by atoms with Crippen LogP contribution in [0.1, 0.15) is 17.1 Å². The molecular weight excluding hydrogens is 168 g/mol. The smallest absolute Gasteiger partial charge is 0.279 e. The predicted molar refractivity (Wildman–Crippen MR) is 47.9 cm³/mol. The summed E-state index contributed by atoms with van der Waals surface area (Å²) in [7, 11) is 0. The molecule has 0 radical (unpaired) electrons. The summed E-state index contributed by atoms with van der Waals surface area (Å²) in [6.07, 6.45) is 1.62. The zero-order chi connectivity index (χ0) is 9.59. The number of hydrogen-bond acceptors (Lipinski definition) is 3. The second-order valence-corrected chi connectivity index (χ2v) is 3.11. The topological polar surface area (TPSA) is 47.5 Å². The number of aryl methyl sites for hydroxylation is 3. The fraction of sp³-hybridized carbons (Fsp3) is 0.333. The first-order valence-corrected chi connectivity index (χ1v) is 4.05. The van der Waals surface area contributed by atoms with Crippen molar-refractivity contribution in [3.8, 4) is 0 Å². The van der Waals surface area contributed by atoms with Crippen LogP contribution in [0.2, 0.25) is 0 Å². The molecule has 0 atom stereocenters. The third kappa shape index (κ3) is 0.983. The van der Waals surface area contributed by atoms with Crippen molar-refractivity contribution in [3.63, 3.8) is 0 Å². The van der Waals surface area contributed by atoms with Gasteiger partial charge in [0.05, 0.1) is 11.3 Å². The van der Waals surface area contributed by atoms with E-state index in [1.54, 1.807) is 20.1 Å². The first-order valence-electron chi connectivity index (χ1n) is 4.05. The Kier molecular flexibility index (Phi) is 1.52. The maximum atomic E-state index is 11.3. The summed E-state index contributed by atoms with van der Waals surface area (Å²) in [6, 6.07) is 0. The van der Waals surface area contributed by atoms with E-state index in [1.165, 1.54) is 0 Å². The number of fused-ring (bicyclic) bond motifs is 1. The number of aromatic nitrogens is 2. The van der Waals surface area contributed by atoms with Gasteiger partial charge in [-0.05, 0) is 20.8 Å². The van der Waals surface area contributed by atoms with Crippen LogP contribution in [-0.4, -0.2) is 9.38 Å². The molecule has 0 aromatic carbocycles. The van der Waals surface area contributed by atoms with Gasteiger partial charge in [0.2, 0.25) is 5.71 Å². The van der Waals surface area contributed by atoms with E-state index in [0.717, 1.165) is 5.69 Å². The Balaban J connectivity index is 3.08. The quantitative estimate of drug-likeness (QED) is 0.609. The predicted octanol–water partition coefficient (Wildman–Crippen LogP) is 1.21. The molecule has 2 aromatic rings. The zero-order valence-electron chi connectivity index (χ0n) is 7.79. The van der Waals surface area contributed by atoms with Gasteiger partial charge in [-0.2, -0.15) is 4.98 Å². The van der Waals surface area contributed by atoms with Crippen LogP contribution in [0.25, 0.3) is 5.71 Å². The van der Waals surface area contributed by atoms with Crippen molar-refractivity contribution in [3.05, 3.63) is 33.7 Å². The molecule has 0 unspecified atom stereocenters. The van der Waals surface area contributed by atoms with Crippen LogP contribution in [0, 0.1) is 20.8 Å². The maximum Gasteiger partial charge on any atom is 0.279 e. The Morgan fingerprint density at radius 2 is 2.08 bits per heavy atom. The van der Waals surface area contributed by atoms with Crippen LogP contribution in [0.4, 0.5) is 0 Å². The van der Waals surface area contributed by atoms with E-state index < -0.39 is 0 Å². The fourth-order valence-electron chi connectivity index (χ4n) is 1.44. The van der Waals surface area contributed by atoms with E-state index in [2.05, 4.69) is 4.98 Å². The lowest BCUT2D eigenvalue weighted by atomic mass is 10.3. The molecule has 0 bridgehead atoms. The summed E-state index contributed by atoms with van der Waals surface area (Å²) < 4.78 is 7.09. The highest BCUT2D eigenvalue weighted by Gasteiger charge is 2.09. The molecule has 2 aromatic heterocycles. The van der Waals surface area contributed by atoms with Gasteiger partial charge in [0.25, 0.3) is 5.56 Å². The number of hydrogen-bond donors (Lipinski definition) is 0. The molecule has 4 heteroatoms. The molecule has 2 rings (SSSR count). The van der Waals surface area contributed by atoms with E-state index in [1.807, 2.05) is 11.3 Å². The molecule has 0 aliphatic rings. The van der Waals surface area contributed by atoms with Gasteiger partial charge in [-0.15, -0.1) is 0 Å². The second kappa shape index (κ2) is 2.45. The molecule has 0 fully saturated rings. The zero-order valence-corrected chi connectivity index (χ0v) is 7.79. The summed E-state index contributed by atoms with van der Waals surface area (Å²) >= 11 is 0. The standard InChI is InChI=1S/C9H10N2O2/c1-5-4-13-9-6(2)8(12)10-7(3)11(5)9/h4H,1-3H3. The Morgan fingerprint density at radius 3 is 2.77 bits per heavy atom. The van der Waals surface area contributed by atoms with E-state index >= 15 is 0 Å². The molecule has 2 heterocycles. The van der Waals surface area contributed by atoms with Gasteiger partial charge >= 0.3 is 0 Å². The first kappa shape index (κ1) is 8.04. The molecule has 4 nitrogen and oxygen atoms in total. The summed E-state index contributed by atoms with van der Waals surface area (Å²) in [4.78, 5) is 15.2. The number of nitrogens with zero attached hydrogens (tertiary/aromatic N) is 2. The van der Waals surface area contributed by atoms with Crippen LogP contribution in [0.5, 0.6) is 0 Å². The molecule has 13 heavy (non-hydrogen) atoms. The van der Waals surface area contributed by atoms with E-state index in [9.17, 15) is 4.79 Å². The van der Waals surface area contributed by atoms with Gasteiger partial charge in [0.15, 0.2) is 0 Å². The Bertz CT molecular complexity index is 522. The lowest BCUT2D eigenvalue weighted by Gasteiger charge is -2.00. The average molecular weight is 178 g/mol. The van der Waals surface area contributed by atoms with Crippen molar-refractivity contribution in [2.45, 2.75) is 20.8 Å². The monoisotopic (exact) mass is 178 g/mol. The van der Waals surface area contributed by atoms with Gasteiger partial charge in [-0.3, -0.25) is 9.20 Å². The van der Waals surface area contributed by atoms with Crippen LogP contribution in [-0.2, 0) is 0 Å². The van der Waals surface area contributed by atoms with Gasteiger partial charge in [-0.25, -0.2) is 0 Å². The van der Waals surface area contributed by atoms with Crippen molar-refractivity contribution in [2.24, 2.45) is 0 Å². The SMILES string of the molecule is Cc1c(=O)nc(C)n2c(C)coc12. The molecule has 0 spiro atoms. The highest BCUT2D eigenvalue weighted by Crippen LogP contribution is 2.11. The van der Waals surface area contributed by atoms with Crippen LogP contribution in [0.3, 0.4) is 0 Å². The van der Waals surface area contributed by atoms with Crippen LogP contribution < -0.4 is 5.56 Å². The highest BCUT2D eigenvalue weighted by atomic mass is 16.3. The molecule has 68 valence electrons. The maximum absolute atomic E-state index is 11.3. The normalized spacial score (nSPS) is 11.0. The van der Waals surface area contributed by atoms with Gasteiger partial charge in [0.1, 0.15) is 12.1 Å². The largest absolute Gasteiger partial charge is 0.446 e. The number of rotatable bonds is 0. The Hall–Kier alpha value is -1.58. The highest BCUT2D eigenvalue weighted by molar-refractivity contribution is 5.43. The number of oxazole rings is 1. The minimum absolute atomic E-state index is 0.216. The average Bonchev–Trinajstić information content (AvgIpc) is 2.44. The fourth-order valence-corrected chi connectivity index (χ4v) is 1.44. The molecule has 0 aliphatic heterocycles. The minimum Gasteiger partial charge on any atom is -0.446 e. The summed E-state index contributed by atoms with van der Waals surface area (Å²) in [5, 5.41) is 0. The third-order valence-corrected chi connectivity index (χ3v) is 2.13. The summed E-state index contributed by atoms with van der Waals surface area (Å²) in [5.74, 6) is 0.664. The van der Waals surface area contributed by atoms with Crippen molar-refractivity contribution in [1.29, 1.82) is 0 Å². The summed E-state index contributed by atoms with van der Waals surface area (Å²) in [6.45, 7) is 5.42. The lowest BCUT2D eigenvalue weighted by molar-refractivity contribution is 0.599. The molecular formula is C9H10N2O2. The van der Waals surface area contributed by atoms with Crippen molar-refractivity contribution in [2.75, 3.05) is 0 Å². The summed E-state index contributed by atoms with van der Waals surface area (Å²) in [5.41, 5.74) is 1.88. The Morgan fingerprint density at radius 1 is 1.38 bits per heavy atom. The van der Waals surface area contributed by atoms with Gasteiger partial charge in [0, 0.05) is 0 Å². The molecule has 0 saturated heterocycles. The van der Waals surface area contributed by atoms with Gasteiger partial charge < -0.3 is 4.42 Å². The van der Waals surface area contributed by atoms with E-state index in [0.29, 0.717) is 17.1 Å². The van der Waals surface area contributed by atoms with Crippen molar-refractivity contribution < 1.29 is 4.42 Å². The second-order valence-electron chi connectivity index (χ2n) is 3.11. The molecule has 0 saturated carbocycles. The molecule has 0 aliphatic carbocycles. The van der Waals surface area contributed by atoms with Crippen LogP contribution >= 0.6 is 0 Å². The van der Waals surface area contributed by atoms with Crippen molar-refractivity contribution >= 4 is 5.71 Å². The third-order valence-electron chi connectivity index (χ3n) is 2.13. The van der Waals surface area contributed by atoms with E-state index in [-0.39, 0.29) is 5.56 Å². The Labute approximate surface area is 74.8 Å². The first-order chi connectivity index (χ1) is 6.11. The minimum atomic E-state index is -0.216. The van der Waals surface area contributed by atoms with Gasteiger partial charge in [-0.1, -0.05) is 0 Å². The van der Waals surface area contributed by atoms with Crippen LogP contribution in [0.15, 0.2) is 15.5 Å². The molecule has 0 amide bonds. The van der Waals surface area contributed by atoms with E-state index in [4.69, 9.17) is 4.42 Å². The lowest BCUT2D eigenvalue weighted by Crippen LogP contribution is -2.15.